The average Bonchev–Trinajstić information content (AvgIpc) is 2.54. The average molecular weight is 318 g/mol. The zero-order chi connectivity index (χ0) is 15.1. The molecule has 0 aliphatic heterocycles. The molecule has 0 heterocycles. The van der Waals surface area contributed by atoms with Crippen LogP contribution in [0.25, 0.3) is 0 Å². The van der Waals surface area contributed by atoms with E-state index >= 15 is 0 Å². The van der Waals surface area contributed by atoms with Crippen LogP contribution in [0.1, 0.15) is 19.8 Å². The molecule has 2 nitrogen and oxygen atoms in total. The van der Waals surface area contributed by atoms with E-state index in [1.54, 1.807) is 0 Å². The third kappa shape index (κ3) is 4.59. The Morgan fingerprint density at radius 2 is 1.67 bits per heavy atom. The van der Waals surface area contributed by atoms with Crippen molar-refractivity contribution >= 4 is 31.6 Å². The van der Waals surface area contributed by atoms with E-state index in [0.29, 0.717) is 0 Å². The Labute approximate surface area is 132 Å². The number of para-hydroxylation sites is 1. The van der Waals surface area contributed by atoms with Crippen molar-refractivity contribution in [1.82, 2.24) is 0 Å². The fourth-order valence-electron chi connectivity index (χ4n) is 1.91. The van der Waals surface area contributed by atoms with E-state index in [1.807, 2.05) is 60.7 Å². The van der Waals surface area contributed by atoms with Gasteiger partial charge in [-0.15, -0.1) is 0 Å². The molecule has 0 saturated carbocycles. The fourth-order valence-corrected chi connectivity index (χ4v) is 4.11. The second kappa shape index (κ2) is 8.21. The van der Waals surface area contributed by atoms with Crippen LogP contribution >= 0.6 is 20.8 Å². The van der Waals surface area contributed by atoms with E-state index < -0.39 is 8.15 Å². The number of hydrogen-bond acceptors (Lipinski definition) is 3. The van der Waals surface area contributed by atoms with Gasteiger partial charge >= 0.3 is 0 Å². The highest BCUT2D eigenvalue weighted by Crippen LogP contribution is 2.40. The largest absolute Gasteiger partial charge is 0.461 e. The summed E-state index contributed by atoms with van der Waals surface area (Å²) < 4.78 is 6.00. The number of carbonyl (C=O) groups excluding carboxylic acids is 1. The summed E-state index contributed by atoms with van der Waals surface area (Å²) in [6.07, 6.45) is 1.70. The molecular formula is C17H19O2PS. The minimum Gasteiger partial charge on any atom is -0.461 e. The van der Waals surface area contributed by atoms with Crippen molar-refractivity contribution in [3.63, 3.8) is 0 Å². The first kappa shape index (κ1) is 16.1. The minimum atomic E-state index is -1.36. The summed E-state index contributed by atoms with van der Waals surface area (Å²) in [5.74, 6) is 0.720. The molecule has 2 atom stereocenters. The summed E-state index contributed by atoms with van der Waals surface area (Å²) in [6.45, 7) is 2.05. The van der Waals surface area contributed by atoms with Crippen LogP contribution < -0.4 is 9.83 Å². The van der Waals surface area contributed by atoms with E-state index in [4.69, 9.17) is 4.52 Å². The predicted octanol–water partition coefficient (Wildman–Crippen LogP) is 4.41. The summed E-state index contributed by atoms with van der Waals surface area (Å²) >= 11 is 4.45. The van der Waals surface area contributed by atoms with Gasteiger partial charge < -0.3 is 4.52 Å². The molecule has 0 saturated heterocycles. The van der Waals surface area contributed by atoms with Crippen LogP contribution in [0, 0.1) is 0 Å². The molecule has 0 fully saturated rings. The van der Waals surface area contributed by atoms with Crippen molar-refractivity contribution in [2.45, 2.75) is 25.0 Å². The normalized spacial score (nSPS) is 13.4. The molecule has 0 N–H and O–H groups in total. The number of benzene rings is 2. The quantitative estimate of drug-likeness (QED) is 0.604. The van der Waals surface area contributed by atoms with Gasteiger partial charge in [-0.3, -0.25) is 4.79 Å². The van der Waals surface area contributed by atoms with Crippen LogP contribution in [0.2, 0.25) is 0 Å². The van der Waals surface area contributed by atoms with Gasteiger partial charge in [-0.2, -0.15) is 12.6 Å². The zero-order valence-corrected chi connectivity index (χ0v) is 13.8. The molecule has 21 heavy (non-hydrogen) atoms. The summed E-state index contributed by atoms with van der Waals surface area (Å²) in [5.41, 5.74) is 0.0743. The molecular weight excluding hydrogens is 299 g/mol. The smallest absolute Gasteiger partial charge is 0.211 e. The maximum absolute atomic E-state index is 12.7. The van der Waals surface area contributed by atoms with Crippen LogP contribution in [0.5, 0.6) is 5.75 Å². The van der Waals surface area contributed by atoms with Crippen molar-refractivity contribution in [1.29, 1.82) is 0 Å². The Hall–Kier alpha value is -1.31. The predicted molar refractivity (Wildman–Crippen MR) is 92.8 cm³/mol. The molecule has 0 aromatic heterocycles. The topological polar surface area (TPSA) is 26.3 Å². The Morgan fingerprint density at radius 1 is 1.10 bits per heavy atom. The first-order valence-corrected chi connectivity index (χ1v) is 8.80. The lowest BCUT2D eigenvalue weighted by molar-refractivity contribution is -0.111. The monoisotopic (exact) mass is 318 g/mol. The summed E-state index contributed by atoms with van der Waals surface area (Å²) in [7, 11) is -1.36. The number of hydrogen-bond donors (Lipinski definition) is 1. The molecule has 2 unspecified atom stereocenters. The van der Waals surface area contributed by atoms with E-state index in [0.717, 1.165) is 23.9 Å². The van der Waals surface area contributed by atoms with Crippen LogP contribution in [0.3, 0.4) is 0 Å². The van der Waals surface area contributed by atoms with Crippen molar-refractivity contribution in [3.8, 4) is 5.75 Å². The molecule has 4 heteroatoms. The van der Waals surface area contributed by atoms with E-state index in [9.17, 15) is 4.79 Å². The van der Waals surface area contributed by atoms with Gasteiger partial charge in [0.2, 0.25) is 5.52 Å². The molecule has 2 aromatic carbocycles. The molecule has 2 aromatic rings. The lowest BCUT2D eigenvalue weighted by atomic mass is 10.3. The first-order valence-electron chi connectivity index (χ1n) is 7.02. The Morgan fingerprint density at radius 3 is 2.24 bits per heavy atom. The molecule has 0 amide bonds. The summed E-state index contributed by atoms with van der Waals surface area (Å²) in [6, 6.07) is 19.2. The van der Waals surface area contributed by atoms with E-state index in [-0.39, 0.29) is 10.8 Å². The maximum atomic E-state index is 12.7. The highest BCUT2D eigenvalue weighted by atomic mass is 32.1. The number of thiol groups is 1. The SMILES string of the molecule is CCCC(S)C(=O)P(Oc1ccccc1)c1ccccc1. The van der Waals surface area contributed by atoms with Crippen LogP contribution in [0.4, 0.5) is 0 Å². The Balaban J connectivity index is 2.24. The summed E-state index contributed by atoms with van der Waals surface area (Å²) in [4.78, 5) is 12.7. The maximum Gasteiger partial charge on any atom is 0.211 e. The van der Waals surface area contributed by atoms with Gasteiger partial charge in [0.15, 0.2) is 8.15 Å². The third-order valence-electron chi connectivity index (χ3n) is 2.98. The lowest BCUT2D eigenvalue weighted by Crippen LogP contribution is -2.20. The second-order valence-electron chi connectivity index (χ2n) is 4.68. The third-order valence-corrected chi connectivity index (χ3v) is 5.55. The van der Waals surface area contributed by atoms with Crippen LogP contribution in [-0.2, 0) is 4.79 Å². The molecule has 110 valence electrons. The molecule has 0 radical (unpaired) electrons. The van der Waals surface area contributed by atoms with Gasteiger partial charge in [0.25, 0.3) is 0 Å². The van der Waals surface area contributed by atoms with Crippen LogP contribution in [-0.4, -0.2) is 10.8 Å². The number of carbonyl (C=O) groups is 1. The second-order valence-corrected chi connectivity index (χ2v) is 7.03. The number of rotatable bonds is 7. The highest BCUT2D eigenvalue weighted by molar-refractivity contribution is 7.86. The van der Waals surface area contributed by atoms with Gasteiger partial charge in [-0.05, 0) is 18.6 Å². The van der Waals surface area contributed by atoms with Crippen molar-refractivity contribution in [2.24, 2.45) is 0 Å². The van der Waals surface area contributed by atoms with Gasteiger partial charge in [-0.1, -0.05) is 61.9 Å². The van der Waals surface area contributed by atoms with Gasteiger partial charge in [0.05, 0.1) is 5.25 Å². The van der Waals surface area contributed by atoms with Crippen LogP contribution in [0.15, 0.2) is 60.7 Å². The minimum absolute atomic E-state index is 0.0743. The standard InChI is InChI=1S/C17H19O2PS/c1-2-9-16(21)17(18)20(15-12-7-4-8-13-15)19-14-10-5-3-6-11-14/h3-8,10-13,16,21H,2,9H2,1H3. The molecule has 2 rings (SSSR count). The fraction of sp³-hybridized carbons (Fsp3) is 0.235. The summed E-state index contributed by atoms with van der Waals surface area (Å²) in [5, 5.41) is 0.654. The first-order chi connectivity index (χ1) is 10.2. The molecule has 0 aliphatic rings. The van der Waals surface area contributed by atoms with Crippen molar-refractivity contribution < 1.29 is 9.32 Å². The highest BCUT2D eigenvalue weighted by Gasteiger charge is 2.28. The van der Waals surface area contributed by atoms with E-state index in [1.165, 1.54) is 0 Å². The molecule has 0 aliphatic carbocycles. The Bertz CT molecular complexity index is 560. The zero-order valence-electron chi connectivity index (χ0n) is 12.0. The van der Waals surface area contributed by atoms with E-state index in [2.05, 4.69) is 19.6 Å². The van der Waals surface area contributed by atoms with Gasteiger partial charge in [0, 0.05) is 5.30 Å². The van der Waals surface area contributed by atoms with Gasteiger partial charge in [-0.25, -0.2) is 0 Å². The van der Waals surface area contributed by atoms with Crippen molar-refractivity contribution in [2.75, 3.05) is 0 Å². The Kier molecular flexibility index (Phi) is 6.28. The molecule has 0 spiro atoms. The van der Waals surface area contributed by atoms with Crippen molar-refractivity contribution in [3.05, 3.63) is 60.7 Å². The van der Waals surface area contributed by atoms with Gasteiger partial charge in [0.1, 0.15) is 5.75 Å². The lowest BCUT2D eigenvalue weighted by Gasteiger charge is -2.20. The molecule has 0 bridgehead atoms.